The molecule has 0 radical (unpaired) electrons. The number of carbonyl (C=O) groups excluding carboxylic acids is 2. The van der Waals surface area contributed by atoms with Gasteiger partial charge in [0.25, 0.3) is 5.56 Å². The highest BCUT2D eigenvalue weighted by molar-refractivity contribution is 7.07. The maximum absolute atomic E-state index is 14.3. The summed E-state index contributed by atoms with van der Waals surface area (Å²) in [5, 5.41) is 0.873. The zero-order chi connectivity index (χ0) is 31.7. The van der Waals surface area contributed by atoms with Gasteiger partial charge in [0.05, 0.1) is 35.1 Å². The van der Waals surface area contributed by atoms with Crippen LogP contribution in [-0.4, -0.2) is 34.3 Å². The number of nitrogens with zero attached hydrogens (tertiary/aromatic N) is 3. The summed E-state index contributed by atoms with van der Waals surface area (Å²) in [5.74, 6) is -1.40. The molecule has 5 aromatic rings. The fourth-order valence-corrected chi connectivity index (χ4v) is 6.69. The van der Waals surface area contributed by atoms with Crippen LogP contribution in [0.25, 0.3) is 22.7 Å². The Morgan fingerprint density at radius 3 is 2.36 bits per heavy atom. The average Bonchev–Trinajstić information content (AvgIpc) is 3.50. The number of aromatic nitrogens is 2. The summed E-state index contributed by atoms with van der Waals surface area (Å²) in [6.45, 7) is 5.81. The van der Waals surface area contributed by atoms with Gasteiger partial charge in [-0.25, -0.2) is 14.2 Å². The number of ether oxygens (including phenoxy) is 2. The molecule has 0 spiro atoms. The van der Waals surface area contributed by atoms with E-state index in [1.165, 1.54) is 28.0 Å². The van der Waals surface area contributed by atoms with E-state index in [2.05, 4.69) is 0 Å². The van der Waals surface area contributed by atoms with E-state index in [4.69, 9.17) is 14.5 Å². The maximum atomic E-state index is 14.3. The first-order valence-electron chi connectivity index (χ1n) is 14.6. The third-order valence-electron chi connectivity index (χ3n) is 7.71. The molecule has 8 nitrogen and oxygen atoms in total. The Labute approximate surface area is 262 Å². The first-order chi connectivity index (χ1) is 21.8. The fraction of sp³-hybridized carbons (Fsp3) is 0.200. The van der Waals surface area contributed by atoms with Crippen molar-refractivity contribution in [3.63, 3.8) is 0 Å². The van der Waals surface area contributed by atoms with Crippen molar-refractivity contribution in [3.05, 3.63) is 132 Å². The lowest BCUT2D eigenvalue weighted by Crippen LogP contribution is -2.40. The van der Waals surface area contributed by atoms with E-state index < -0.39 is 17.8 Å². The number of hydrogen-bond acceptors (Lipinski definition) is 7. The summed E-state index contributed by atoms with van der Waals surface area (Å²) < 4.78 is 28.5. The van der Waals surface area contributed by atoms with E-state index in [1.807, 2.05) is 66.1 Å². The Bertz CT molecular complexity index is 2140. The molecule has 3 aromatic carbocycles. The molecule has 0 saturated heterocycles. The van der Waals surface area contributed by atoms with Crippen molar-refractivity contribution in [3.8, 4) is 0 Å². The number of rotatable bonds is 8. The lowest BCUT2D eigenvalue weighted by atomic mass is 9.93. The van der Waals surface area contributed by atoms with Crippen molar-refractivity contribution in [1.82, 2.24) is 9.13 Å². The second-order valence-electron chi connectivity index (χ2n) is 10.4. The standard InChI is InChI=1S/C35H30FN3O5S/c1-4-43-29(40)20-38-21(3)26(25-13-9-10-14-27(25)38)19-28-33(41)39-32(23-15-17-24(36)18-16-23)30(34(42)44-5-2)31(37-35(39)45-28)22-11-7-6-8-12-22/h6-19,32H,4-5,20H2,1-3H3/b28-19-/t32-/m1/s1. The number of fused-ring (bicyclic) bond motifs is 2. The van der Waals surface area contributed by atoms with E-state index >= 15 is 0 Å². The summed E-state index contributed by atoms with van der Waals surface area (Å²) in [4.78, 5) is 45.6. The molecule has 1 aliphatic heterocycles. The van der Waals surface area contributed by atoms with Gasteiger partial charge in [-0.15, -0.1) is 0 Å². The van der Waals surface area contributed by atoms with Crippen molar-refractivity contribution in [2.24, 2.45) is 4.99 Å². The highest BCUT2D eigenvalue weighted by Gasteiger charge is 2.35. The summed E-state index contributed by atoms with van der Waals surface area (Å²) in [6, 6.07) is 21.7. The van der Waals surface area contributed by atoms with Gasteiger partial charge in [0.2, 0.25) is 0 Å². The normalized spacial score (nSPS) is 14.8. The van der Waals surface area contributed by atoms with E-state index in [0.717, 1.165) is 22.2 Å². The second kappa shape index (κ2) is 12.5. The Morgan fingerprint density at radius 2 is 1.64 bits per heavy atom. The van der Waals surface area contributed by atoms with Crippen LogP contribution in [0, 0.1) is 12.7 Å². The molecule has 0 unspecified atom stereocenters. The number of thiazole rings is 1. The van der Waals surface area contributed by atoms with E-state index in [-0.39, 0.29) is 36.9 Å². The molecule has 0 amide bonds. The van der Waals surface area contributed by atoms with Crippen LogP contribution in [0.4, 0.5) is 4.39 Å². The molecule has 2 aromatic heterocycles. The SMILES string of the molecule is CCOC(=O)Cn1c(C)c(/C=c2\sc3n(c2=O)[C@H](c2ccc(F)cc2)C(C(=O)OCC)=C(c2ccccc2)N=3)c2ccccc21. The van der Waals surface area contributed by atoms with Crippen LogP contribution in [0.2, 0.25) is 0 Å². The lowest BCUT2D eigenvalue weighted by molar-refractivity contribution is -0.143. The smallest absolute Gasteiger partial charge is 0.338 e. The minimum atomic E-state index is -0.912. The molecule has 10 heteroatoms. The third-order valence-corrected chi connectivity index (χ3v) is 8.69. The topological polar surface area (TPSA) is 91.9 Å². The zero-order valence-electron chi connectivity index (χ0n) is 25.0. The van der Waals surface area contributed by atoms with Crippen LogP contribution in [0.1, 0.15) is 42.3 Å². The molecule has 0 saturated carbocycles. The van der Waals surface area contributed by atoms with Crippen LogP contribution >= 0.6 is 11.3 Å². The number of halogens is 1. The Hall–Kier alpha value is -5.09. The molecule has 0 bridgehead atoms. The molecule has 0 aliphatic carbocycles. The Kier molecular flexibility index (Phi) is 8.32. The van der Waals surface area contributed by atoms with Crippen LogP contribution in [0.5, 0.6) is 0 Å². The predicted octanol–water partition coefficient (Wildman–Crippen LogP) is 4.90. The van der Waals surface area contributed by atoms with Crippen LogP contribution in [0.3, 0.4) is 0 Å². The second-order valence-corrected chi connectivity index (χ2v) is 11.4. The van der Waals surface area contributed by atoms with Crippen molar-refractivity contribution >= 4 is 46.0 Å². The highest BCUT2D eigenvalue weighted by atomic mass is 32.1. The van der Waals surface area contributed by atoms with E-state index in [9.17, 15) is 18.8 Å². The van der Waals surface area contributed by atoms with Gasteiger partial charge in [-0.3, -0.25) is 14.2 Å². The minimum Gasteiger partial charge on any atom is -0.465 e. The summed E-state index contributed by atoms with van der Waals surface area (Å²) in [6.07, 6.45) is 1.81. The van der Waals surface area contributed by atoms with Crippen molar-refractivity contribution in [2.75, 3.05) is 13.2 Å². The number of para-hydroxylation sites is 1. The first-order valence-corrected chi connectivity index (χ1v) is 15.4. The highest BCUT2D eigenvalue weighted by Crippen LogP contribution is 2.35. The first kappa shape index (κ1) is 30.0. The van der Waals surface area contributed by atoms with Crippen molar-refractivity contribution in [2.45, 2.75) is 33.4 Å². The molecular formula is C35H30FN3O5S. The predicted molar refractivity (Wildman–Crippen MR) is 171 cm³/mol. The quantitative estimate of drug-likeness (QED) is 0.230. The molecule has 228 valence electrons. The van der Waals surface area contributed by atoms with Crippen LogP contribution in [-0.2, 0) is 25.6 Å². The molecule has 45 heavy (non-hydrogen) atoms. The van der Waals surface area contributed by atoms with Gasteiger partial charge in [-0.05, 0) is 50.6 Å². The van der Waals surface area contributed by atoms with Gasteiger partial charge in [-0.2, -0.15) is 0 Å². The maximum Gasteiger partial charge on any atom is 0.338 e. The van der Waals surface area contributed by atoms with Gasteiger partial charge in [-0.1, -0.05) is 72.0 Å². The molecule has 3 heterocycles. The number of carbonyl (C=O) groups is 2. The molecule has 0 N–H and O–H groups in total. The summed E-state index contributed by atoms with van der Waals surface area (Å²) in [5.41, 5.74) is 3.86. The van der Waals surface area contributed by atoms with Gasteiger partial charge in [0.1, 0.15) is 12.4 Å². The summed E-state index contributed by atoms with van der Waals surface area (Å²) in [7, 11) is 0. The van der Waals surface area contributed by atoms with Crippen LogP contribution < -0.4 is 14.9 Å². The van der Waals surface area contributed by atoms with E-state index in [0.29, 0.717) is 26.2 Å². The number of esters is 2. The van der Waals surface area contributed by atoms with Gasteiger partial charge >= 0.3 is 11.9 Å². The number of hydrogen-bond donors (Lipinski definition) is 0. The third kappa shape index (κ3) is 5.53. The molecule has 1 atom stereocenters. The monoisotopic (exact) mass is 623 g/mol. The van der Waals surface area contributed by atoms with Gasteiger partial charge < -0.3 is 14.0 Å². The zero-order valence-corrected chi connectivity index (χ0v) is 25.8. The van der Waals surface area contributed by atoms with Crippen LogP contribution in [0.15, 0.2) is 94.2 Å². The summed E-state index contributed by atoms with van der Waals surface area (Å²) >= 11 is 1.20. The molecule has 0 fully saturated rings. The van der Waals surface area contributed by atoms with E-state index in [1.54, 1.807) is 32.1 Å². The van der Waals surface area contributed by atoms with Gasteiger partial charge in [0, 0.05) is 27.7 Å². The van der Waals surface area contributed by atoms with Crippen molar-refractivity contribution in [1.29, 1.82) is 0 Å². The molecular weight excluding hydrogens is 593 g/mol. The fourth-order valence-electron chi connectivity index (χ4n) is 5.71. The lowest BCUT2D eigenvalue weighted by Gasteiger charge is -2.25. The largest absolute Gasteiger partial charge is 0.465 e. The Balaban J connectivity index is 1.62. The van der Waals surface area contributed by atoms with Gasteiger partial charge in [0.15, 0.2) is 4.80 Å². The average molecular weight is 624 g/mol. The minimum absolute atomic E-state index is 0.0309. The molecule has 6 rings (SSSR count). The Morgan fingerprint density at radius 1 is 0.956 bits per heavy atom. The molecule has 1 aliphatic rings. The van der Waals surface area contributed by atoms with Crippen molar-refractivity contribution < 1.29 is 23.5 Å². The number of benzene rings is 3.